The number of aryl methyl sites for hydroxylation is 2. The topological polar surface area (TPSA) is 73.1 Å². The summed E-state index contributed by atoms with van der Waals surface area (Å²) in [7, 11) is 0. The summed E-state index contributed by atoms with van der Waals surface area (Å²) in [5.74, 6) is -0.327. The van der Waals surface area contributed by atoms with Crippen molar-refractivity contribution in [1.29, 1.82) is 0 Å². The number of para-hydroxylation sites is 1. The number of carbonyl (C=O) groups is 1. The molecule has 0 saturated heterocycles. The van der Waals surface area contributed by atoms with Gasteiger partial charge in [-0.05, 0) is 54.6 Å². The average Bonchev–Trinajstić information content (AvgIpc) is 3.19. The summed E-state index contributed by atoms with van der Waals surface area (Å²) < 4.78 is 2.90. The van der Waals surface area contributed by atoms with Crippen molar-refractivity contribution >= 4 is 33.1 Å². The van der Waals surface area contributed by atoms with Gasteiger partial charge in [-0.15, -0.1) is 11.3 Å². The number of amides is 1. The van der Waals surface area contributed by atoms with Crippen LogP contribution in [-0.2, 0) is 11.3 Å². The third-order valence-electron chi connectivity index (χ3n) is 4.74. The quantitative estimate of drug-likeness (QED) is 0.565. The molecule has 0 atom stereocenters. The molecular formula is C22H19N3O3S. The van der Waals surface area contributed by atoms with E-state index in [1.165, 1.54) is 15.9 Å². The summed E-state index contributed by atoms with van der Waals surface area (Å²) in [6, 6.07) is 16.2. The minimum Gasteiger partial charge on any atom is -0.324 e. The zero-order valence-electron chi connectivity index (χ0n) is 16.0. The van der Waals surface area contributed by atoms with E-state index in [4.69, 9.17) is 0 Å². The number of carbonyl (C=O) groups excluding carboxylic acids is 1. The molecule has 4 aromatic rings. The van der Waals surface area contributed by atoms with Gasteiger partial charge in [0.25, 0.3) is 5.56 Å². The van der Waals surface area contributed by atoms with Gasteiger partial charge in [-0.3, -0.25) is 14.2 Å². The molecule has 1 amide bonds. The summed E-state index contributed by atoms with van der Waals surface area (Å²) in [5.41, 5.74) is 2.70. The molecule has 2 heterocycles. The second-order valence-corrected chi connectivity index (χ2v) is 7.76. The summed E-state index contributed by atoms with van der Waals surface area (Å²) in [6.45, 7) is 3.67. The third kappa shape index (κ3) is 3.52. The van der Waals surface area contributed by atoms with Gasteiger partial charge in [0.05, 0.1) is 11.2 Å². The molecule has 2 aromatic carbocycles. The number of hydrogen-bond donors (Lipinski definition) is 1. The maximum absolute atomic E-state index is 13.2. The Morgan fingerprint density at radius 2 is 1.79 bits per heavy atom. The van der Waals surface area contributed by atoms with Gasteiger partial charge < -0.3 is 5.32 Å². The van der Waals surface area contributed by atoms with Crippen molar-refractivity contribution in [2.45, 2.75) is 20.4 Å². The lowest BCUT2D eigenvalue weighted by Gasteiger charge is -2.13. The number of aromatic nitrogens is 2. The molecule has 0 unspecified atom stereocenters. The van der Waals surface area contributed by atoms with Gasteiger partial charge in [0.2, 0.25) is 5.91 Å². The van der Waals surface area contributed by atoms with Crippen LogP contribution in [0.3, 0.4) is 0 Å². The molecule has 2 aromatic heterocycles. The van der Waals surface area contributed by atoms with Crippen molar-refractivity contribution in [2.24, 2.45) is 0 Å². The first-order valence-electron chi connectivity index (χ1n) is 9.11. The van der Waals surface area contributed by atoms with Crippen LogP contribution >= 0.6 is 11.3 Å². The lowest BCUT2D eigenvalue weighted by Crippen LogP contribution is -2.40. The standard InChI is InChI=1S/C22H19N3O3S/c1-14-8-9-15(2)17(12-14)23-19(26)13-24-18-10-11-29-20(18)21(27)25(22(24)28)16-6-4-3-5-7-16/h3-12H,13H2,1-2H3,(H,23,26). The van der Waals surface area contributed by atoms with Gasteiger partial charge in [0.15, 0.2) is 0 Å². The van der Waals surface area contributed by atoms with Gasteiger partial charge in [-0.25, -0.2) is 9.36 Å². The van der Waals surface area contributed by atoms with E-state index in [0.717, 1.165) is 15.7 Å². The highest BCUT2D eigenvalue weighted by atomic mass is 32.1. The minimum atomic E-state index is -0.539. The number of nitrogens with one attached hydrogen (secondary N) is 1. The Morgan fingerprint density at radius 1 is 1.03 bits per heavy atom. The fourth-order valence-corrected chi connectivity index (χ4v) is 4.07. The molecule has 6 nitrogen and oxygen atoms in total. The SMILES string of the molecule is Cc1ccc(C)c(NC(=O)Cn2c(=O)n(-c3ccccc3)c(=O)c3sccc32)c1. The second kappa shape index (κ2) is 7.52. The van der Waals surface area contributed by atoms with Crippen molar-refractivity contribution in [2.75, 3.05) is 5.32 Å². The number of thiophene rings is 1. The van der Waals surface area contributed by atoms with E-state index in [1.54, 1.807) is 35.7 Å². The van der Waals surface area contributed by atoms with Crippen LogP contribution in [0.25, 0.3) is 15.9 Å². The van der Waals surface area contributed by atoms with Crippen LogP contribution in [0.4, 0.5) is 5.69 Å². The number of rotatable bonds is 4. The molecule has 0 bridgehead atoms. The normalized spacial score (nSPS) is 11.0. The molecule has 7 heteroatoms. The zero-order chi connectivity index (χ0) is 20.5. The number of anilines is 1. The molecule has 1 N–H and O–H groups in total. The molecule has 0 saturated carbocycles. The summed E-state index contributed by atoms with van der Waals surface area (Å²) >= 11 is 1.26. The van der Waals surface area contributed by atoms with Crippen molar-refractivity contribution < 1.29 is 4.79 Å². The van der Waals surface area contributed by atoms with E-state index in [-0.39, 0.29) is 18.0 Å². The molecular weight excluding hydrogens is 386 g/mol. The van der Waals surface area contributed by atoms with E-state index in [2.05, 4.69) is 5.32 Å². The zero-order valence-corrected chi connectivity index (χ0v) is 16.8. The number of nitrogens with zero attached hydrogens (tertiary/aromatic N) is 2. The number of benzene rings is 2. The number of hydrogen-bond acceptors (Lipinski definition) is 4. The van der Waals surface area contributed by atoms with E-state index in [9.17, 15) is 14.4 Å². The summed E-state index contributed by atoms with van der Waals surface area (Å²) in [6.07, 6.45) is 0. The Kier molecular flexibility index (Phi) is 4.90. The van der Waals surface area contributed by atoms with Gasteiger partial charge in [0.1, 0.15) is 11.2 Å². The predicted molar refractivity (Wildman–Crippen MR) is 116 cm³/mol. The van der Waals surface area contributed by atoms with Gasteiger partial charge in [-0.2, -0.15) is 0 Å². The maximum Gasteiger partial charge on any atom is 0.336 e. The molecule has 0 spiro atoms. The molecule has 0 aliphatic heterocycles. The van der Waals surface area contributed by atoms with Gasteiger partial charge in [0, 0.05) is 5.69 Å². The van der Waals surface area contributed by atoms with Crippen LogP contribution in [0, 0.1) is 13.8 Å². The highest BCUT2D eigenvalue weighted by Gasteiger charge is 2.17. The van der Waals surface area contributed by atoms with E-state index < -0.39 is 5.69 Å². The van der Waals surface area contributed by atoms with Crippen LogP contribution < -0.4 is 16.6 Å². The molecule has 0 fully saturated rings. The molecule has 29 heavy (non-hydrogen) atoms. The highest BCUT2D eigenvalue weighted by molar-refractivity contribution is 7.17. The van der Waals surface area contributed by atoms with E-state index in [1.807, 2.05) is 38.1 Å². The van der Waals surface area contributed by atoms with Crippen molar-refractivity contribution in [3.05, 3.63) is 91.9 Å². The van der Waals surface area contributed by atoms with Crippen LogP contribution in [0.15, 0.2) is 69.6 Å². The van der Waals surface area contributed by atoms with Crippen LogP contribution in [0.1, 0.15) is 11.1 Å². The van der Waals surface area contributed by atoms with Crippen LogP contribution in [0.5, 0.6) is 0 Å². The van der Waals surface area contributed by atoms with Gasteiger partial charge in [-0.1, -0.05) is 30.3 Å². The fourth-order valence-electron chi connectivity index (χ4n) is 3.25. The van der Waals surface area contributed by atoms with Crippen LogP contribution in [0.2, 0.25) is 0 Å². The molecule has 146 valence electrons. The predicted octanol–water partition coefficient (Wildman–Crippen LogP) is 3.47. The second-order valence-electron chi connectivity index (χ2n) is 6.85. The van der Waals surface area contributed by atoms with Crippen molar-refractivity contribution in [3.8, 4) is 5.69 Å². The van der Waals surface area contributed by atoms with Gasteiger partial charge >= 0.3 is 5.69 Å². The first-order chi connectivity index (χ1) is 14.0. The smallest absolute Gasteiger partial charge is 0.324 e. The lowest BCUT2D eigenvalue weighted by molar-refractivity contribution is -0.116. The fraction of sp³-hybridized carbons (Fsp3) is 0.136. The average molecular weight is 405 g/mol. The summed E-state index contributed by atoms with van der Waals surface area (Å²) in [4.78, 5) is 38.8. The molecule has 0 aliphatic carbocycles. The number of fused-ring (bicyclic) bond motifs is 1. The Hall–Kier alpha value is -3.45. The molecule has 0 aliphatic rings. The monoisotopic (exact) mass is 405 g/mol. The Labute approximate surface area is 170 Å². The molecule has 4 rings (SSSR count). The van der Waals surface area contributed by atoms with Crippen LogP contribution in [-0.4, -0.2) is 15.0 Å². The van der Waals surface area contributed by atoms with Crippen molar-refractivity contribution in [3.63, 3.8) is 0 Å². The largest absolute Gasteiger partial charge is 0.336 e. The third-order valence-corrected chi connectivity index (χ3v) is 5.63. The van der Waals surface area contributed by atoms with Crippen molar-refractivity contribution in [1.82, 2.24) is 9.13 Å². The summed E-state index contributed by atoms with van der Waals surface area (Å²) in [5, 5.41) is 4.62. The van der Waals surface area contributed by atoms with E-state index >= 15 is 0 Å². The minimum absolute atomic E-state index is 0.188. The first kappa shape index (κ1) is 18.9. The maximum atomic E-state index is 13.2. The first-order valence-corrected chi connectivity index (χ1v) is 9.99. The highest BCUT2D eigenvalue weighted by Crippen LogP contribution is 2.18. The Balaban J connectivity index is 1.79. The van der Waals surface area contributed by atoms with E-state index in [0.29, 0.717) is 21.6 Å². The molecule has 0 radical (unpaired) electrons. The Morgan fingerprint density at radius 3 is 2.55 bits per heavy atom. The lowest BCUT2D eigenvalue weighted by atomic mass is 10.1. The Bertz CT molecular complexity index is 1330.